The maximum absolute atomic E-state index is 12.4. The summed E-state index contributed by atoms with van der Waals surface area (Å²) in [6.45, 7) is 4.53. The number of benzene rings is 1. The highest BCUT2D eigenvalue weighted by molar-refractivity contribution is 7.09. The number of nitrogens with one attached hydrogen (secondary N) is 1. The molecule has 0 radical (unpaired) electrons. The molecule has 0 bridgehead atoms. The average Bonchev–Trinajstić information content (AvgIpc) is 3.32. The summed E-state index contributed by atoms with van der Waals surface area (Å²) in [4.78, 5) is 19.3. The largest absolute Gasteiger partial charge is 0.334 e. The van der Waals surface area contributed by atoms with Crippen molar-refractivity contribution in [2.75, 3.05) is 6.54 Å². The first-order valence-electron chi connectivity index (χ1n) is 8.20. The van der Waals surface area contributed by atoms with E-state index in [0.29, 0.717) is 26.2 Å². The van der Waals surface area contributed by atoms with Crippen LogP contribution in [0.5, 0.6) is 0 Å². The van der Waals surface area contributed by atoms with Gasteiger partial charge in [-0.25, -0.2) is 14.5 Å². The summed E-state index contributed by atoms with van der Waals surface area (Å²) in [7, 11) is 0. The Bertz CT molecular complexity index is 768. The van der Waals surface area contributed by atoms with Gasteiger partial charge < -0.3 is 10.2 Å². The van der Waals surface area contributed by atoms with Gasteiger partial charge in [0.05, 0.1) is 13.1 Å². The van der Waals surface area contributed by atoms with Crippen LogP contribution in [-0.2, 0) is 19.6 Å². The molecule has 2 heterocycles. The number of hydrogen-bond donors (Lipinski definition) is 1. The van der Waals surface area contributed by atoms with Crippen molar-refractivity contribution in [3.05, 3.63) is 70.4 Å². The summed E-state index contributed by atoms with van der Waals surface area (Å²) in [6, 6.07) is 12.2. The quantitative estimate of drug-likeness (QED) is 0.708. The van der Waals surface area contributed by atoms with Crippen molar-refractivity contribution < 1.29 is 4.79 Å². The molecule has 2 aromatic heterocycles. The second-order valence-electron chi connectivity index (χ2n) is 5.66. The normalized spacial score (nSPS) is 10.6. The maximum Gasteiger partial charge on any atom is 0.317 e. The molecule has 1 aromatic carbocycles. The third kappa shape index (κ3) is 4.90. The molecule has 7 heteroatoms. The van der Waals surface area contributed by atoms with E-state index in [9.17, 15) is 4.79 Å². The van der Waals surface area contributed by atoms with Gasteiger partial charge in [-0.2, -0.15) is 5.10 Å². The summed E-state index contributed by atoms with van der Waals surface area (Å²) in [5.74, 6) is 0. The molecule has 1 N–H and O–H groups in total. The summed E-state index contributed by atoms with van der Waals surface area (Å²) in [6.07, 6.45) is 3.22. The fraction of sp³-hybridized carbons (Fsp3) is 0.278. The van der Waals surface area contributed by atoms with E-state index in [4.69, 9.17) is 0 Å². The van der Waals surface area contributed by atoms with E-state index < -0.39 is 0 Å². The standard InChI is InChI=1S/C18H21N5OS/c1-2-22(12-17-4-3-9-25-17)18(24)20-10-15-5-7-16(8-6-15)11-23-14-19-13-21-23/h3-9,13-14H,2,10-12H2,1H3,(H,20,24). The smallest absolute Gasteiger partial charge is 0.317 e. The van der Waals surface area contributed by atoms with Gasteiger partial charge in [-0.3, -0.25) is 0 Å². The number of aromatic nitrogens is 3. The minimum Gasteiger partial charge on any atom is -0.334 e. The van der Waals surface area contributed by atoms with Gasteiger partial charge in [-0.15, -0.1) is 11.3 Å². The van der Waals surface area contributed by atoms with Gasteiger partial charge in [0.2, 0.25) is 0 Å². The van der Waals surface area contributed by atoms with Crippen molar-refractivity contribution in [3.63, 3.8) is 0 Å². The topological polar surface area (TPSA) is 63.1 Å². The molecule has 0 aliphatic carbocycles. The minimum absolute atomic E-state index is 0.0393. The fourth-order valence-corrected chi connectivity index (χ4v) is 3.19. The Balaban J connectivity index is 1.50. The van der Waals surface area contributed by atoms with Gasteiger partial charge in [-0.05, 0) is 29.5 Å². The Morgan fingerprint density at radius 3 is 2.68 bits per heavy atom. The zero-order chi connectivity index (χ0) is 17.5. The van der Waals surface area contributed by atoms with Crippen LogP contribution in [0.1, 0.15) is 22.9 Å². The molecule has 0 saturated carbocycles. The van der Waals surface area contributed by atoms with Gasteiger partial charge in [0.15, 0.2) is 0 Å². The first kappa shape index (κ1) is 17.2. The van der Waals surface area contributed by atoms with Crippen molar-refractivity contribution in [2.45, 2.75) is 26.6 Å². The molecule has 0 aliphatic heterocycles. The van der Waals surface area contributed by atoms with E-state index in [1.807, 2.05) is 47.5 Å². The van der Waals surface area contributed by atoms with Crippen molar-refractivity contribution in [2.24, 2.45) is 0 Å². The number of amides is 2. The van der Waals surface area contributed by atoms with Crippen molar-refractivity contribution >= 4 is 17.4 Å². The molecule has 25 heavy (non-hydrogen) atoms. The van der Waals surface area contributed by atoms with E-state index >= 15 is 0 Å². The molecule has 3 aromatic rings. The third-order valence-corrected chi connectivity index (χ3v) is 4.73. The summed E-state index contributed by atoms with van der Waals surface area (Å²) in [5.41, 5.74) is 2.22. The van der Waals surface area contributed by atoms with Gasteiger partial charge >= 0.3 is 6.03 Å². The van der Waals surface area contributed by atoms with E-state index in [2.05, 4.69) is 21.5 Å². The molecule has 130 valence electrons. The summed E-state index contributed by atoms with van der Waals surface area (Å²) >= 11 is 1.67. The Kier molecular flexibility index (Phi) is 5.79. The molecule has 0 saturated heterocycles. The fourth-order valence-electron chi connectivity index (χ4n) is 2.47. The molecule has 0 fully saturated rings. The lowest BCUT2D eigenvalue weighted by Crippen LogP contribution is -2.38. The number of nitrogens with zero attached hydrogens (tertiary/aromatic N) is 4. The summed E-state index contributed by atoms with van der Waals surface area (Å²) < 4.78 is 1.78. The van der Waals surface area contributed by atoms with E-state index in [-0.39, 0.29) is 6.03 Å². The first-order valence-corrected chi connectivity index (χ1v) is 9.08. The Morgan fingerprint density at radius 1 is 1.24 bits per heavy atom. The summed E-state index contributed by atoms with van der Waals surface area (Å²) in [5, 5.41) is 9.12. The van der Waals surface area contributed by atoms with Gasteiger partial charge in [-0.1, -0.05) is 30.3 Å². The molecule has 6 nitrogen and oxygen atoms in total. The number of rotatable bonds is 7. The molecule has 2 amide bonds. The molecule has 0 atom stereocenters. The highest BCUT2D eigenvalue weighted by Crippen LogP contribution is 2.12. The SMILES string of the molecule is CCN(Cc1cccs1)C(=O)NCc1ccc(Cn2cncn2)cc1. The highest BCUT2D eigenvalue weighted by atomic mass is 32.1. The van der Waals surface area contributed by atoms with E-state index in [0.717, 1.165) is 11.1 Å². The molecule has 3 rings (SSSR count). The molecule has 0 unspecified atom stereocenters. The number of thiophene rings is 1. The number of hydrogen-bond acceptors (Lipinski definition) is 4. The lowest BCUT2D eigenvalue weighted by atomic mass is 10.1. The van der Waals surface area contributed by atoms with Crippen LogP contribution in [0.25, 0.3) is 0 Å². The predicted molar refractivity (Wildman–Crippen MR) is 98.2 cm³/mol. The lowest BCUT2D eigenvalue weighted by molar-refractivity contribution is 0.198. The van der Waals surface area contributed by atoms with Gasteiger partial charge in [0.1, 0.15) is 12.7 Å². The van der Waals surface area contributed by atoms with Gasteiger partial charge in [0.25, 0.3) is 0 Å². The molecule has 0 spiro atoms. The van der Waals surface area contributed by atoms with Crippen LogP contribution < -0.4 is 5.32 Å². The molecular formula is C18H21N5OS. The van der Waals surface area contributed by atoms with Crippen molar-refractivity contribution in [1.29, 1.82) is 0 Å². The van der Waals surface area contributed by atoms with E-state index in [1.54, 1.807) is 22.3 Å². The Hall–Kier alpha value is -2.67. The number of carbonyl (C=O) groups excluding carboxylic acids is 1. The predicted octanol–water partition coefficient (Wildman–Crippen LogP) is 3.12. The number of urea groups is 1. The van der Waals surface area contributed by atoms with Crippen LogP contribution >= 0.6 is 11.3 Å². The Labute approximate surface area is 151 Å². The van der Waals surface area contributed by atoms with Crippen LogP contribution in [0.3, 0.4) is 0 Å². The Morgan fingerprint density at radius 2 is 2.04 bits per heavy atom. The third-order valence-electron chi connectivity index (χ3n) is 3.87. The average molecular weight is 355 g/mol. The molecular weight excluding hydrogens is 334 g/mol. The van der Waals surface area contributed by atoms with Gasteiger partial charge in [0, 0.05) is 18.0 Å². The zero-order valence-electron chi connectivity index (χ0n) is 14.1. The highest BCUT2D eigenvalue weighted by Gasteiger charge is 2.12. The van der Waals surface area contributed by atoms with Crippen LogP contribution in [-0.4, -0.2) is 32.2 Å². The van der Waals surface area contributed by atoms with Crippen LogP contribution in [0.4, 0.5) is 4.79 Å². The monoisotopic (exact) mass is 355 g/mol. The van der Waals surface area contributed by atoms with Crippen LogP contribution in [0.2, 0.25) is 0 Å². The van der Waals surface area contributed by atoms with Crippen molar-refractivity contribution in [3.8, 4) is 0 Å². The second kappa shape index (κ2) is 8.43. The minimum atomic E-state index is -0.0393. The van der Waals surface area contributed by atoms with Crippen molar-refractivity contribution in [1.82, 2.24) is 25.0 Å². The zero-order valence-corrected chi connectivity index (χ0v) is 14.9. The lowest BCUT2D eigenvalue weighted by Gasteiger charge is -2.20. The van der Waals surface area contributed by atoms with Crippen LogP contribution in [0, 0.1) is 0 Å². The van der Waals surface area contributed by atoms with E-state index in [1.165, 1.54) is 11.2 Å². The second-order valence-corrected chi connectivity index (χ2v) is 6.69. The van der Waals surface area contributed by atoms with Crippen LogP contribution in [0.15, 0.2) is 54.4 Å². The number of carbonyl (C=O) groups is 1. The molecule has 0 aliphatic rings. The first-order chi connectivity index (χ1) is 12.2. The maximum atomic E-state index is 12.4.